The Labute approximate surface area is 295 Å². The molecule has 0 spiro atoms. The average Bonchev–Trinajstić information content (AvgIpc) is 3.04. The Bertz CT molecular complexity index is 908. The van der Waals surface area contributed by atoms with Gasteiger partial charge in [0.1, 0.15) is 12.7 Å². The zero-order chi connectivity index (χ0) is 35.7. The van der Waals surface area contributed by atoms with Crippen LogP contribution < -0.4 is 11.1 Å². The molecule has 0 aromatic heterocycles. The summed E-state index contributed by atoms with van der Waals surface area (Å²) in [6, 6.07) is -0.828. The molecule has 0 bridgehead atoms. The van der Waals surface area contributed by atoms with Gasteiger partial charge < -0.3 is 25.3 Å². The van der Waals surface area contributed by atoms with E-state index in [1.54, 1.807) is 0 Å². The van der Waals surface area contributed by atoms with E-state index in [0.717, 1.165) is 38.5 Å². The molecule has 2 atom stereocenters. The second kappa shape index (κ2) is 32.7. The minimum atomic E-state index is -4.51. The van der Waals surface area contributed by atoms with Crippen LogP contribution in [0, 0.1) is 0 Å². The third-order valence-corrected chi connectivity index (χ3v) is 9.31. The molecule has 4 N–H and O–H groups in total. The van der Waals surface area contributed by atoms with Gasteiger partial charge in [-0.3, -0.25) is 18.9 Å². The van der Waals surface area contributed by atoms with Crippen molar-refractivity contribution in [1.29, 1.82) is 0 Å². The van der Waals surface area contributed by atoms with Crippen LogP contribution in [0.25, 0.3) is 0 Å². The molecular formula is C34H66N2O10S2. The number of unbranched alkanes of at least 4 members (excludes halogenated alkanes) is 16. The maximum atomic E-state index is 12.6. The number of carbonyl (C=O) groups is 3. The van der Waals surface area contributed by atoms with Crippen LogP contribution in [-0.4, -0.2) is 87.4 Å². The van der Waals surface area contributed by atoms with E-state index in [4.69, 9.17) is 24.5 Å². The Morgan fingerprint density at radius 3 is 1.73 bits per heavy atom. The van der Waals surface area contributed by atoms with E-state index in [2.05, 4.69) is 23.3 Å². The van der Waals surface area contributed by atoms with E-state index in [-0.39, 0.29) is 50.7 Å². The highest BCUT2D eigenvalue weighted by molar-refractivity contribution is 7.99. The molecule has 48 heavy (non-hydrogen) atoms. The predicted octanol–water partition coefficient (Wildman–Crippen LogP) is 6.30. The van der Waals surface area contributed by atoms with Crippen molar-refractivity contribution in [2.75, 3.05) is 44.5 Å². The zero-order valence-corrected chi connectivity index (χ0v) is 31.4. The summed E-state index contributed by atoms with van der Waals surface area (Å²) in [4.78, 5) is 37.3. The SMILES string of the molecule is CCCCCCCCCCCC(=O)OC[C@H](CSC[C@H](N)C(=O)NCCOCCOS(=O)(=O)O)OC(=O)CCCCCCCCCCC. The Balaban J connectivity index is 4.48. The second-order valence-electron chi connectivity index (χ2n) is 12.2. The molecule has 0 aliphatic heterocycles. The molecule has 0 heterocycles. The largest absolute Gasteiger partial charge is 0.462 e. The number of carbonyl (C=O) groups excluding carboxylic acids is 3. The van der Waals surface area contributed by atoms with E-state index in [9.17, 15) is 22.8 Å². The molecule has 284 valence electrons. The summed E-state index contributed by atoms with van der Waals surface area (Å²) in [5.74, 6) is -0.430. The Kier molecular flexibility index (Phi) is 31.7. The van der Waals surface area contributed by atoms with Crippen LogP contribution in [0.2, 0.25) is 0 Å². The fraction of sp³-hybridized carbons (Fsp3) is 0.912. The van der Waals surface area contributed by atoms with E-state index >= 15 is 0 Å². The summed E-state index contributed by atoms with van der Waals surface area (Å²) >= 11 is 1.34. The number of amides is 1. The fourth-order valence-corrected chi connectivity index (χ4v) is 6.11. The van der Waals surface area contributed by atoms with Crippen molar-refractivity contribution in [3.05, 3.63) is 0 Å². The lowest BCUT2D eigenvalue weighted by Crippen LogP contribution is -2.43. The van der Waals surface area contributed by atoms with Gasteiger partial charge in [-0.05, 0) is 12.8 Å². The summed E-state index contributed by atoms with van der Waals surface area (Å²) < 4.78 is 49.9. The number of hydrogen-bond donors (Lipinski definition) is 3. The summed E-state index contributed by atoms with van der Waals surface area (Å²) in [5.41, 5.74) is 6.02. The predicted molar refractivity (Wildman–Crippen MR) is 191 cm³/mol. The first kappa shape index (κ1) is 46.5. The van der Waals surface area contributed by atoms with Crippen molar-refractivity contribution in [1.82, 2.24) is 5.32 Å². The molecule has 14 heteroatoms. The number of esters is 2. The van der Waals surface area contributed by atoms with Crippen LogP contribution in [0.3, 0.4) is 0 Å². The fourth-order valence-electron chi connectivity index (χ4n) is 4.86. The quantitative estimate of drug-likeness (QED) is 0.0378. The number of nitrogens with two attached hydrogens (primary N) is 1. The number of thioether (sulfide) groups is 1. The number of ether oxygens (including phenoxy) is 3. The molecule has 0 aromatic carbocycles. The summed E-state index contributed by atoms with van der Waals surface area (Å²) in [5, 5.41) is 2.63. The molecule has 0 aliphatic rings. The Hall–Kier alpha value is -1.45. The van der Waals surface area contributed by atoms with E-state index < -0.39 is 28.5 Å². The average molecular weight is 727 g/mol. The smallest absolute Gasteiger partial charge is 0.397 e. The lowest BCUT2D eigenvalue weighted by atomic mass is 10.1. The van der Waals surface area contributed by atoms with Gasteiger partial charge in [-0.25, -0.2) is 4.18 Å². The third-order valence-electron chi connectivity index (χ3n) is 7.64. The third kappa shape index (κ3) is 33.1. The van der Waals surface area contributed by atoms with Crippen LogP contribution in [-0.2, 0) is 43.2 Å². The van der Waals surface area contributed by atoms with Crippen LogP contribution in [0.4, 0.5) is 0 Å². The molecule has 12 nitrogen and oxygen atoms in total. The van der Waals surface area contributed by atoms with Gasteiger partial charge in [-0.2, -0.15) is 20.2 Å². The first-order chi connectivity index (χ1) is 23.1. The molecule has 0 aromatic rings. The van der Waals surface area contributed by atoms with Crippen molar-refractivity contribution in [3.8, 4) is 0 Å². The maximum Gasteiger partial charge on any atom is 0.397 e. The van der Waals surface area contributed by atoms with Crippen molar-refractivity contribution >= 4 is 40.0 Å². The number of nitrogens with one attached hydrogen (secondary N) is 1. The van der Waals surface area contributed by atoms with E-state index in [0.29, 0.717) is 18.6 Å². The van der Waals surface area contributed by atoms with Crippen LogP contribution in [0.5, 0.6) is 0 Å². The molecule has 0 rings (SSSR count). The molecule has 0 saturated carbocycles. The van der Waals surface area contributed by atoms with Crippen molar-refractivity contribution < 1.29 is 45.7 Å². The first-order valence-electron chi connectivity index (χ1n) is 18.2. The van der Waals surface area contributed by atoms with Crippen LogP contribution in [0.15, 0.2) is 0 Å². The van der Waals surface area contributed by atoms with Gasteiger partial charge in [0.25, 0.3) is 0 Å². The molecule has 0 aliphatic carbocycles. The highest BCUT2D eigenvalue weighted by Crippen LogP contribution is 2.14. The molecule has 1 amide bonds. The topological polar surface area (TPSA) is 181 Å². The van der Waals surface area contributed by atoms with Gasteiger partial charge in [0.15, 0.2) is 0 Å². The summed E-state index contributed by atoms with van der Waals surface area (Å²) in [6.07, 6.45) is 20.8. The van der Waals surface area contributed by atoms with Gasteiger partial charge in [0, 0.05) is 30.9 Å². The highest BCUT2D eigenvalue weighted by atomic mass is 32.3. The minimum absolute atomic E-state index is 0.0349. The minimum Gasteiger partial charge on any atom is -0.462 e. The standard InChI is InChI=1S/C34H66N2O10S2/c1-3-5-7-9-11-13-15-17-19-21-32(37)44-27-30(46-33(38)22-20-18-16-14-12-10-8-6-4-2)28-47-29-31(35)34(39)36-23-24-43-25-26-45-48(40,41)42/h30-31H,3-29,35H2,1-2H3,(H,36,39)(H,40,41,42)/t30-,31+/m1/s1. The lowest BCUT2D eigenvalue weighted by molar-refractivity contribution is -0.157. The van der Waals surface area contributed by atoms with Crippen LogP contribution >= 0.6 is 11.8 Å². The van der Waals surface area contributed by atoms with Crippen LogP contribution in [0.1, 0.15) is 142 Å². The van der Waals surface area contributed by atoms with Gasteiger partial charge in [-0.1, -0.05) is 117 Å². The van der Waals surface area contributed by atoms with Gasteiger partial charge in [0.2, 0.25) is 5.91 Å². The van der Waals surface area contributed by atoms with Crippen molar-refractivity contribution in [3.63, 3.8) is 0 Å². The summed E-state index contributed by atoms with van der Waals surface area (Å²) in [6.45, 7) is 4.21. The van der Waals surface area contributed by atoms with Crippen molar-refractivity contribution in [2.45, 2.75) is 154 Å². The van der Waals surface area contributed by atoms with Crippen molar-refractivity contribution in [2.24, 2.45) is 5.73 Å². The summed E-state index contributed by atoms with van der Waals surface area (Å²) in [7, 11) is -4.51. The number of hydrogen-bond acceptors (Lipinski definition) is 11. The molecular weight excluding hydrogens is 661 g/mol. The molecule has 0 radical (unpaired) electrons. The van der Waals surface area contributed by atoms with Gasteiger partial charge in [-0.15, -0.1) is 0 Å². The van der Waals surface area contributed by atoms with E-state index in [1.807, 2.05) is 0 Å². The molecule has 0 unspecified atom stereocenters. The van der Waals surface area contributed by atoms with Gasteiger partial charge in [0.05, 0.1) is 25.9 Å². The lowest BCUT2D eigenvalue weighted by Gasteiger charge is -2.19. The molecule has 0 saturated heterocycles. The second-order valence-corrected chi connectivity index (χ2v) is 14.4. The van der Waals surface area contributed by atoms with Gasteiger partial charge >= 0.3 is 22.3 Å². The highest BCUT2D eigenvalue weighted by Gasteiger charge is 2.20. The van der Waals surface area contributed by atoms with E-state index in [1.165, 1.54) is 88.8 Å². The number of rotatable bonds is 35. The maximum absolute atomic E-state index is 12.6. The monoisotopic (exact) mass is 726 g/mol. The Morgan fingerprint density at radius 2 is 1.21 bits per heavy atom. The normalized spacial score (nSPS) is 12.8. The Morgan fingerprint density at radius 1 is 0.708 bits per heavy atom. The first-order valence-corrected chi connectivity index (χ1v) is 20.8. The zero-order valence-electron chi connectivity index (χ0n) is 29.8. The molecule has 0 fully saturated rings.